The van der Waals surface area contributed by atoms with E-state index in [2.05, 4.69) is 20.0 Å². The highest BCUT2D eigenvalue weighted by Crippen LogP contribution is 2.31. The molecule has 2 aromatic rings. The molecule has 6 nitrogen and oxygen atoms in total. The Morgan fingerprint density at radius 3 is 2.54 bits per heavy atom. The summed E-state index contributed by atoms with van der Waals surface area (Å²) in [7, 11) is -3.60. The standard InChI is InChI=1S/C14H14ClF2N3O3S/c1-8(2)24(21,22)11-6-4-3-5-9(11)19-12-10(23-14(16)17)7-18-13(15)20-12/h3-8,14H,1-2H3,(H,18,19,20). The van der Waals surface area contributed by atoms with Crippen molar-refractivity contribution in [3.05, 3.63) is 35.7 Å². The Morgan fingerprint density at radius 2 is 1.92 bits per heavy atom. The summed E-state index contributed by atoms with van der Waals surface area (Å²) in [5.41, 5.74) is 0.167. The Balaban J connectivity index is 2.48. The summed E-state index contributed by atoms with van der Waals surface area (Å²) in [5, 5.41) is 1.81. The van der Waals surface area contributed by atoms with Crippen LogP contribution in [-0.2, 0) is 9.84 Å². The first-order chi connectivity index (χ1) is 11.2. The van der Waals surface area contributed by atoms with Crippen LogP contribution in [0.15, 0.2) is 35.4 Å². The molecule has 0 atom stereocenters. The van der Waals surface area contributed by atoms with E-state index in [-0.39, 0.29) is 27.4 Å². The Kier molecular flexibility index (Phi) is 5.55. The van der Waals surface area contributed by atoms with E-state index in [4.69, 9.17) is 11.6 Å². The molecule has 10 heteroatoms. The van der Waals surface area contributed by atoms with Gasteiger partial charge in [-0.25, -0.2) is 13.4 Å². The Labute approximate surface area is 142 Å². The molecular formula is C14H14ClF2N3O3S. The number of rotatable bonds is 6. The SMILES string of the molecule is CC(C)S(=O)(=O)c1ccccc1Nc1nc(Cl)ncc1OC(F)F. The maximum absolute atomic E-state index is 12.5. The number of aromatic nitrogens is 2. The lowest BCUT2D eigenvalue weighted by Crippen LogP contribution is -2.16. The molecule has 0 fully saturated rings. The van der Waals surface area contributed by atoms with Gasteiger partial charge in [0.1, 0.15) is 0 Å². The minimum Gasteiger partial charge on any atom is -0.429 e. The highest BCUT2D eigenvalue weighted by molar-refractivity contribution is 7.92. The van der Waals surface area contributed by atoms with Crippen LogP contribution in [-0.4, -0.2) is 30.2 Å². The highest BCUT2D eigenvalue weighted by atomic mass is 35.5. The first kappa shape index (κ1) is 18.3. The van der Waals surface area contributed by atoms with Crippen molar-refractivity contribution in [3.63, 3.8) is 0 Å². The predicted octanol–water partition coefficient (Wildman–Crippen LogP) is 3.66. The largest absolute Gasteiger partial charge is 0.429 e. The van der Waals surface area contributed by atoms with Crippen LogP contribution in [0.1, 0.15) is 13.8 Å². The highest BCUT2D eigenvalue weighted by Gasteiger charge is 2.23. The predicted molar refractivity (Wildman–Crippen MR) is 85.7 cm³/mol. The quantitative estimate of drug-likeness (QED) is 0.774. The summed E-state index contributed by atoms with van der Waals surface area (Å²) >= 11 is 5.68. The molecule has 0 amide bonds. The van der Waals surface area contributed by atoms with Crippen LogP contribution in [0.3, 0.4) is 0 Å². The number of hydrogen-bond donors (Lipinski definition) is 1. The van der Waals surface area contributed by atoms with Gasteiger partial charge >= 0.3 is 6.61 Å². The van der Waals surface area contributed by atoms with Gasteiger partial charge in [0.25, 0.3) is 0 Å². The van der Waals surface area contributed by atoms with Gasteiger partial charge in [-0.1, -0.05) is 12.1 Å². The van der Waals surface area contributed by atoms with Crippen LogP contribution in [0.5, 0.6) is 5.75 Å². The van der Waals surface area contributed by atoms with E-state index < -0.39 is 21.7 Å². The zero-order chi connectivity index (χ0) is 17.9. The number of halogens is 3. The molecule has 0 unspecified atom stereocenters. The van der Waals surface area contributed by atoms with E-state index in [1.165, 1.54) is 12.1 Å². The van der Waals surface area contributed by atoms with Crippen molar-refractivity contribution in [1.29, 1.82) is 0 Å². The summed E-state index contributed by atoms with van der Waals surface area (Å²) in [5.74, 6) is -0.521. The molecule has 1 heterocycles. The second kappa shape index (κ2) is 7.27. The molecule has 0 aliphatic heterocycles. The molecule has 24 heavy (non-hydrogen) atoms. The van der Waals surface area contributed by atoms with E-state index in [0.29, 0.717) is 0 Å². The number of ether oxygens (including phenoxy) is 1. The summed E-state index contributed by atoms with van der Waals surface area (Å²) in [4.78, 5) is 7.36. The third-order valence-corrected chi connectivity index (χ3v) is 5.40. The third-order valence-electron chi connectivity index (χ3n) is 3.01. The van der Waals surface area contributed by atoms with Crippen molar-refractivity contribution in [3.8, 4) is 5.75 Å². The normalized spacial score (nSPS) is 11.8. The first-order valence-electron chi connectivity index (χ1n) is 6.79. The number of alkyl halides is 2. The van der Waals surface area contributed by atoms with Gasteiger partial charge in [-0.15, -0.1) is 0 Å². The van der Waals surface area contributed by atoms with Crippen molar-refractivity contribution >= 4 is 32.9 Å². The fraction of sp³-hybridized carbons (Fsp3) is 0.286. The average Bonchev–Trinajstić information content (AvgIpc) is 2.50. The van der Waals surface area contributed by atoms with Gasteiger partial charge in [0, 0.05) is 0 Å². The van der Waals surface area contributed by atoms with Gasteiger partial charge in [0.05, 0.1) is 22.0 Å². The molecule has 0 aliphatic rings. The van der Waals surface area contributed by atoms with Crippen LogP contribution in [0, 0.1) is 0 Å². The average molecular weight is 378 g/mol. The number of nitrogens with zero attached hydrogens (tertiary/aromatic N) is 2. The minimum absolute atomic E-state index is 0.0118. The zero-order valence-electron chi connectivity index (χ0n) is 12.7. The smallest absolute Gasteiger partial charge is 0.387 e. The molecule has 0 saturated heterocycles. The van der Waals surface area contributed by atoms with Gasteiger partial charge in [-0.2, -0.15) is 13.8 Å². The topological polar surface area (TPSA) is 81.2 Å². The number of sulfone groups is 1. The van der Waals surface area contributed by atoms with E-state index in [9.17, 15) is 17.2 Å². The van der Waals surface area contributed by atoms with Crippen LogP contribution in [0.2, 0.25) is 5.28 Å². The van der Waals surface area contributed by atoms with Crippen molar-refractivity contribution in [2.24, 2.45) is 0 Å². The number of hydrogen-bond acceptors (Lipinski definition) is 6. The van der Waals surface area contributed by atoms with Crippen molar-refractivity contribution in [2.45, 2.75) is 30.6 Å². The van der Waals surface area contributed by atoms with Crippen LogP contribution in [0.4, 0.5) is 20.3 Å². The number of anilines is 2. The minimum atomic E-state index is -3.60. The summed E-state index contributed by atoms with van der Waals surface area (Å²) in [6.07, 6.45) is 0.976. The van der Waals surface area contributed by atoms with Crippen LogP contribution < -0.4 is 10.1 Å². The number of nitrogens with one attached hydrogen (secondary N) is 1. The van der Waals surface area contributed by atoms with Crippen LogP contribution in [0.25, 0.3) is 0 Å². The van der Waals surface area contributed by atoms with E-state index >= 15 is 0 Å². The second-order valence-electron chi connectivity index (χ2n) is 4.95. The molecule has 1 aromatic heterocycles. The monoisotopic (exact) mass is 377 g/mol. The first-order valence-corrected chi connectivity index (χ1v) is 8.71. The molecule has 0 spiro atoms. The lowest BCUT2D eigenvalue weighted by molar-refractivity contribution is -0.0497. The molecule has 2 rings (SSSR count). The molecule has 1 N–H and O–H groups in total. The van der Waals surface area contributed by atoms with Gasteiger partial charge in [-0.3, -0.25) is 0 Å². The van der Waals surface area contributed by atoms with E-state index in [1.807, 2.05) is 0 Å². The molecule has 130 valence electrons. The lowest BCUT2D eigenvalue weighted by atomic mass is 10.3. The summed E-state index contributed by atoms with van der Waals surface area (Å²) in [6, 6.07) is 6.05. The fourth-order valence-electron chi connectivity index (χ4n) is 1.82. The van der Waals surface area contributed by atoms with Gasteiger partial charge in [0.15, 0.2) is 21.4 Å². The lowest BCUT2D eigenvalue weighted by Gasteiger charge is -2.16. The van der Waals surface area contributed by atoms with Crippen molar-refractivity contribution < 1.29 is 21.9 Å². The Hall–Kier alpha value is -2.00. The molecule has 0 aliphatic carbocycles. The maximum Gasteiger partial charge on any atom is 0.387 e. The Bertz CT molecular complexity index is 832. The number of para-hydroxylation sites is 1. The molecule has 0 saturated carbocycles. The Morgan fingerprint density at radius 1 is 1.25 bits per heavy atom. The zero-order valence-corrected chi connectivity index (χ0v) is 14.3. The van der Waals surface area contributed by atoms with Crippen molar-refractivity contribution in [1.82, 2.24) is 9.97 Å². The van der Waals surface area contributed by atoms with Gasteiger partial charge in [-0.05, 0) is 37.6 Å². The molecule has 0 radical (unpaired) electrons. The van der Waals surface area contributed by atoms with E-state index in [0.717, 1.165) is 6.20 Å². The molecular weight excluding hydrogens is 364 g/mol. The summed E-state index contributed by atoms with van der Waals surface area (Å²) < 4.78 is 54.1. The molecule has 1 aromatic carbocycles. The van der Waals surface area contributed by atoms with Crippen molar-refractivity contribution in [2.75, 3.05) is 5.32 Å². The number of benzene rings is 1. The van der Waals surface area contributed by atoms with Gasteiger partial charge < -0.3 is 10.1 Å². The second-order valence-corrected chi connectivity index (χ2v) is 7.76. The van der Waals surface area contributed by atoms with Gasteiger partial charge in [0.2, 0.25) is 5.28 Å². The molecule has 0 bridgehead atoms. The third kappa shape index (κ3) is 4.09. The fourth-order valence-corrected chi connectivity index (χ4v) is 3.16. The maximum atomic E-state index is 12.5. The van der Waals surface area contributed by atoms with E-state index in [1.54, 1.807) is 26.0 Å². The summed E-state index contributed by atoms with van der Waals surface area (Å²) in [6.45, 7) is -0.0113. The van der Waals surface area contributed by atoms with Crippen LogP contribution >= 0.6 is 11.6 Å².